The van der Waals surface area contributed by atoms with Gasteiger partial charge in [0, 0.05) is 38.3 Å². The van der Waals surface area contributed by atoms with Gasteiger partial charge >= 0.3 is 0 Å². The van der Waals surface area contributed by atoms with E-state index in [0.29, 0.717) is 29.3 Å². The molecule has 0 spiro atoms. The first-order valence-electron chi connectivity index (χ1n) is 9.64. The largest absolute Gasteiger partial charge is 0.373 e. The van der Waals surface area contributed by atoms with Crippen molar-refractivity contribution in [1.82, 2.24) is 4.90 Å². The Morgan fingerprint density at radius 1 is 1.23 bits per heavy atom. The lowest BCUT2D eigenvalue weighted by Crippen LogP contribution is -2.48. The SMILES string of the molecule is CC(=O)c1cccc(C#N)c1N1CCC(CN2C[C@@H](C)O[C@@H](C)C2)CC1. The number of ketones is 1. The molecule has 0 N–H and O–H groups in total. The molecule has 140 valence electrons. The third-order valence-corrected chi connectivity index (χ3v) is 5.48. The Labute approximate surface area is 156 Å². The molecule has 26 heavy (non-hydrogen) atoms. The summed E-state index contributed by atoms with van der Waals surface area (Å²) in [5.41, 5.74) is 2.10. The lowest BCUT2D eigenvalue weighted by atomic mass is 9.93. The van der Waals surface area contributed by atoms with Gasteiger partial charge in [0.25, 0.3) is 0 Å². The van der Waals surface area contributed by atoms with Crippen LogP contribution >= 0.6 is 0 Å². The van der Waals surface area contributed by atoms with Gasteiger partial charge in [-0.1, -0.05) is 6.07 Å². The quantitative estimate of drug-likeness (QED) is 0.777. The number of para-hydroxylation sites is 1. The second-order valence-corrected chi connectivity index (χ2v) is 7.78. The van der Waals surface area contributed by atoms with Crippen LogP contribution in [0, 0.1) is 17.2 Å². The number of Topliss-reactive ketones (excluding diaryl/α,β-unsaturated/α-hetero) is 1. The molecule has 0 bridgehead atoms. The van der Waals surface area contributed by atoms with Crippen LogP contribution < -0.4 is 4.90 Å². The molecule has 2 saturated heterocycles. The number of anilines is 1. The Hall–Kier alpha value is -1.90. The third-order valence-electron chi connectivity index (χ3n) is 5.48. The molecule has 0 unspecified atom stereocenters. The fourth-order valence-corrected chi connectivity index (χ4v) is 4.40. The standard InChI is InChI=1S/C21H29N3O2/c1-15-12-23(13-16(2)26-15)14-18-7-9-24(10-8-18)21-19(11-22)5-4-6-20(21)17(3)25/h4-6,15-16,18H,7-10,12-14H2,1-3H3/t15-,16+. The van der Waals surface area contributed by atoms with Gasteiger partial charge in [0.15, 0.2) is 5.78 Å². The Morgan fingerprint density at radius 2 is 1.88 bits per heavy atom. The number of hydrogen-bond acceptors (Lipinski definition) is 5. The predicted molar refractivity (Wildman–Crippen MR) is 103 cm³/mol. The van der Waals surface area contributed by atoms with Crippen molar-refractivity contribution in [1.29, 1.82) is 5.26 Å². The Morgan fingerprint density at radius 3 is 2.46 bits per heavy atom. The number of ether oxygens (including phenoxy) is 1. The van der Waals surface area contributed by atoms with Crippen molar-refractivity contribution in [2.45, 2.75) is 45.8 Å². The zero-order valence-electron chi connectivity index (χ0n) is 16.1. The lowest BCUT2D eigenvalue weighted by Gasteiger charge is -2.40. The van der Waals surface area contributed by atoms with E-state index in [4.69, 9.17) is 4.74 Å². The smallest absolute Gasteiger partial charge is 0.161 e. The minimum Gasteiger partial charge on any atom is -0.373 e. The Kier molecular flexibility index (Phi) is 5.95. The monoisotopic (exact) mass is 355 g/mol. The fraction of sp³-hybridized carbons (Fsp3) is 0.619. The van der Waals surface area contributed by atoms with Gasteiger partial charge in [-0.2, -0.15) is 5.26 Å². The number of piperidine rings is 1. The minimum absolute atomic E-state index is 0.0236. The molecule has 5 heteroatoms. The molecule has 2 aliphatic rings. The van der Waals surface area contributed by atoms with Crippen LogP contribution in [0.25, 0.3) is 0 Å². The van der Waals surface area contributed by atoms with E-state index in [2.05, 4.69) is 29.7 Å². The molecule has 5 nitrogen and oxygen atoms in total. The molecule has 0 saturated carbocycles. The molecule has 2 heterocycles. The molecular weight excluding hydrogens is 326 g/mol. The summed E-state index contributed by atoms with van der Waals surface area (Å²) in [4.78, 5) is 16.8. The number of rotatable bonds is 4. The van der Waals surface area contributed by atoms with Crippen LogP contribution in [0.15, 0.2) is 18.2 Å². The van der Waals surface area contributed by atoms with Crippen molar-refractivity contribution >= 4 is 11.5 Å². The van der Waals surface area contributed by atoms with E-state index in [-0.39, 0.29) is 5.78 Å². The van der Waals surface area contributed by atoms with E-state index in [1.54, 1.807) is 13.0 Å². The zero-order valence-corrected chi connectivity index (χ0v) is 16.1. The van der Waals surface area contributed by atoms with Crippen LogP contribution in [-0.4, -0.2) is 55.6 Å². The van der Waals surface area contributed by atoms with Gasteiger partial charge in [-0.05, 0) is 51.7 Å². The number of benzene rings is 1. The number of morpholine rings is 1. The van der Waals surface area contributed by atoms with Gasteiger partial charge in [0.05, 0.1) is 23.5 Å². The number of nitriles is 1. The first kappa shape index (κ1) is 18.9. The average molecular weight is 355 g/mol. The zero-order chi connectivity index (χ0) is 18.7. The first-order valence-corrected chi connectivity index (χ1v) is 9.64. The van der Waals surface area contributed by atoms with Crippen LogP contribution in [0.3, 0.4) is 0 Å². The molecule has 2 aliphatic heterocycles. The van der Waals surface area contributed by atoms with Crippen LogP contribution in [0.1, 0.15) is 49.5 Å². The highest BCUT2D eigenvalue weighted by Crippen LogP contribution is 2.30. The minimum atomic E-state index is 0.0236. The Bertz CT molecular complexity index is 679. The second kappa shape index (κ2) is 8.20. The van der Waals surface area contributed by atoms with E-state index >= 15 is 0 Å². The van der Waals surface area contributed by atoms with Crippen molar-refractivity contribution in [3.8, 4) is 6.07 Å². The predicted octanol–water partition coefficient (Wildman–Crippen LogP) is 3.09. The summed E-state index contributed by atoms with van der Waals surface area (Å²) in [6.45, 7) is 10.8. The van der Waals surface area contributed by atoms with Crippen LogP contribution in [0.5, 0.6) is 0 Å². The van der Waals surface area contributed by atoms with Crippen LogP contribution in [0.2, 0.25) is 0 Å². The van der Waals surface area contributed by atoms with Crippen LogP contribution in [-0.2, 0) is 4.74 Å². The fourth-order valence-electron chi connectivity index (χ4n) is 4.40. The first-order chi connectivity index (χ1) is 12.5. The lowest BCUT2D eigenvalue weighted by molar-refractivity contribution is -0.0720. The van der Waals surface area contributed by atoms with E-state index in [1.165, 1.54) is 0 Å². The van der Waals surface area contributed by atoms with Crippen molar-refractivity contribution in [3.05, 3.63) is 29.3 Å². The van der Waals surface area contributed by atoms with Crippen LogP contribution in [0.4, 0.5) is 5.69 Å². The normalized spacial score (nSPS) is 25.1. The van der Waals surface area contributed by atoms with Gasteiger partial charge in [-0.25, -0.2) is 0 Å². The topological polar surface area (TPSA) is 56.6 Å². The average Bonchev–Trinajstić information content (AvgIpc) is 2.60. The maximum atomic E-state index is 12.0. The third kappa shape index (κ3) is 4.25. The van der Waals surface area contributed by atoms with Gasteiger partial charge in [0.2, 0.25) is 0 Å². The molecule has 0 amide bonds. The highest BCUT2D eigenvalue weighted by molar-refractivity contribution is 6.01. The summed E-state index contributed by atoms with van der Waals surface area (Å²) in [7, 11) is 0. The summed E-state index contributed by atoms with van der Waals surface area (Å²) in [5.74, 6) is 0.689. The van der Waals surface area contributed by atoms with E-state index in [9.17, 15) is 10.1 Å². The van der Waals surface area contributed by atoms with E-state index in [1.807, 2.05) is 12.1 Å². The highest BCUT2D eigenvalue weighted by Gasteiger charge is 2.28. The Balaban J connectivity index is 1.64. The maximum Gasteiger partial charge on any atom is 0.161 e. The maximum absolute atomic E-state index is 12.0. The molecule has 0 aromatic heterocycles. The van der Waals surface area contributed by atoms with Gasteiger partial charge in [-0.3, -0.25) is 9.69 Å². The van der Waals surface area contributed by atoms with E-state index in [0.717, 1.165) is 51.3 Å². The number of carbonyl (C=O) groups is 1. The highest BCUT2D eigenvalue weighted by atomic mass is 16.5. The summed E-state index contributed by atoms with van der Waals surface area (Å²) in [5, 5.41) is 9.47. The summed E-state index contributed by atoms with van der Waals surface area (Å²) >= 11 is 0. The van der Waals surface area contributed by atoms with E-state index < -0.39 is 0 Å². The second-order valence-electron chi connectivity index (χ2n) is 7.78. The molecule has 0 radical (unpaired) electrons. The van der Waals surface area contributed by atoms with Gasteiger partial charge in [-0.15, -0.1) is 0 Å². The molecule has 0 aliphatic carbocycles. The number of nitrogens with zero attached hydrogens (tertiary/aromatic N) is 3. The molecule has 3 rings (SSSR count). The number of hydrogen-bond donors (Lipinski definition) is 0. The van der Waals surface area contributed by atoms with Crippen molar-refractivity contribution in [2.75, 3.05) is 37.6 Å². The molecule has 2 fully saturated rings. The summed E-state index contributed by atoms with van der Waals surface area (Å²) in [6, 6.07) is 7.70. The summed E-state index contributed by atoms with van der Waals surface area (Å²) in [6.07, 6.45) is 2.80. The van der Waals surface area contributed by atoms with Gasteiger partial charge in [0.1, 0.15) is 6.07 Å². The molecule has 1 aromatic rings. The van der Waals surface area contributed by atoms with Crippen molar-refractivity contribution < 1.29 is 9.53 Å². The molecule has 1 aromatic carbocycles. The van der Waals surface area contributed by atoms with Gasteiger partial charge < -0.3 is 9.64 Å². The molecule has 2 atom stereocenters. The number of carbonyl (C=O) groups excluding carboxylic acids is 1. The van der Waals surface area contributed by atoms with Crippen molar-refractivity contribution in [2.24, 2.45) is 5.92 Å². The molecular formula is C21H29N3O2. The summed E-state index contributed by atoms with van der Waals surface area (Å²) < 4.78 is 5.83. The van der Waals surface area contributed by atoms with Crippen molar-refractivity contribution in [3.63, 3.8) is 0 Å².